The quantitative estimate of drug-likeness (QED) is 0.624. The minimum atomic E-state index is 0.333. The van der Waals surface area contributed by atoms with Gasteiger partial charge in [-0.15, -0.1) is 0 Å². The van der Waals surface area contributed by atoms with Crippen LogP contribution in [0.15, 0.2) is 22.8 Å². The summed E-state index contributed by atoms with van der Waals surface area (Å²) in [5.74, 6) is 1.04. The van der Waals surface area contributed by atoms with Gasteiger partial charge in [0.25, 0.3) is 0 Å². The van der Waals surface area contributed by atoms with Crippen LogP contribution < -0.4 is 0 Å². The van der Waals surface area contributed by atoms with Crippen molar-refractivity contribution in [2.75, 3.05) is 27.2 Å². The molecule has 2 rings (SSSR count). The Kier molecular flexibility index (Phi) is 1.90. The lowest BCUT2D eigenvalue weighted by Crippen LogP contribution is -2.25. The molecule has 1 aromatic heterocycles. The maximum atomic E-state index is 5.37. The monoisotopic (exact) mass is 166 g/mol. The SMILES string of the molecule is CN1CCN(C)C1c1ccco1. The molecule has 0 radical (unpaired) electrons. The van der Waals surface area contributed by atoms with Crippen molar-refractivity contribution in [3.05, 3.63) is 24.2 Å². The van der Waals surface area contributed by atoms with Gasteiger partial charge in [-0.2, -0.15) is 0 Å². The number of nitrogens with zero attached hydrogens (tertiary/aromatic N) is 2. The predicted molar refractivity (Wildman–Crippen MR) is 46.7 cm³/mol. The molecule has 0 bridgehead atoms. The van der Waals surface area contributed by atoms with E-state index in [1.165, 1.54) is 0 Å². The highest BCUT2D eigenvalue weighted by Crippen LogP contribution is 2.26. The molecule has 0 atom stereocenters. The molecule has 0 saturated carbocycles. The zero-order valence-electron chi connectivity index (χ0n) is 7.53. The van der Waals surface area contributed by atoms with Crippen LogP contribution in [-0.2, 0) is 0 Å². The Bertz CT molecular complexity index is 235. The van der Waals surface area contributed by atoms with Crippen molar-refractivity contribution in [3.8, 4) is 0 Å². The van der Waals surface area contributed by atoms with Gasteiger partial charge in [0.1, 0.15) is 11.9 Å². The lowest BCUT2D eigenvalue weighted by molar-refractivity contribution is 0.160. The Morgan fingerprint density at radius 1 is 1.33 bits per heavy atom. The van der Waals surface area contributed by atoms with E-state index in [1.54, 1.807) is 6.26 Å². The highest BCUT2D eigenvalue weighted by Gasteiger charge is 2.29. The first-order chi connectivity index (χ1) is 5.79. The minimum absolute atomic E-state index is 0.333. The Balaban J connectivity index is 2.22. The van der Waals surface area contributed by atoms with Crippen molar-refractivity contribution in [3.63, 3.8) is 0 Å². The van der Waals surface area contributed by atoms with Gasteiger partial charge in [-0.25, -0.2) is 0 Å². The number of rotatable bonds is 1. The summed E-state index contributed by atoms with van der Waals surface area (Å²) in [5, 5.41) is 0. The molecule has 66 valence electrons. The normalized spacial score (nSPS) is 22.2. The number of hydrogen-bond acceptors (Lipinski definition) is 3. The molecule has 3 nitrogen and oxygen atoms in total. The number of hydrogen-bond donors (Lipinski definition) is 0. The Morgan fingerprint density at radius 3 is 2.50 bits per heavy atom. The van der Waals surface area contributed by atoms with Crippen molar-refractivity contribution >= 4 is 0 Å². The van der Waals surface area contributed by atoms with Crippen LogP contribution in [-0.4, -0.2) is 37.0 Å². The van der Waals surface area contributed by atoms with Crippen molar-refractivity contribution in [2.45, 2.75) is 6.17 Å². The summed E-state index contributed by atoms with van der Waals surface area (Å²) in [4.78, 5) is 4.58. The van der Waals surface area contributed by atoms with Crippen molar-refractivity contribution in [1.82, 2.24) is 9.80 Å². The topological polar surface area (TPSA) is 19.6 Å². The molecule has 1 fully saturated rings. The second-order valence-electron chi connectivity index (χ2n) is 3.35. The average molecular weight is 166 g/mol. The van der Waals surface area contributed by atoms with Crippen LogP contribution in [0.1, 0.15) is 11.9 Å². The third kappa shape index (κ3) is 1.15. The van der Waals surface area contributed by atoms with Gasteiger partial charge in [0.05, 0.1) is 6.26 Å². The van der Waals surface area contributed by atoms with Crippen LogP contribution in [0.2, 0.25) is 0 Å². The summed E-state index contributed by atoms with van der Waals surface area (Å²) >= 11 is 0. The molecule has 1 aromatic rings. The van der Waals surface area contributed by atoms with Gasteiger partial charge in [-0.05, 0) is 26.2 Å². The lowest BCUT2D eigenvalue weighted by Gasteiger charge is -2.22. The van der Waals surface area contributed by atoms with Crippen LogP contribution in [0.25, 0.3) is 0 Å². The third-order valence-corrected chi connectivity index (χ3v) is 2.44. The molecule has 0 aliphatic carbocycles. The van der Waals surface area contributed by atoms with Gasteiger partial charge in [-0.1, -0.05) is 0 Å². The van der Waals surface area contributed by atoms with Crippen molar-refractivity contribution in [1.29, 1.82) is 0 Å². The van der Waals surface area contributed by atoms with Crippen molar-refractivity contribution < 1.29 is 4.42 Å². The Labute approximate surface area is 72.6 Å². The molecule has 0 N–H and O–H groups in total. The zero-order valence-corrected chi connectivity index (χ0v) is 7.53. The number of likely N-dealkylation sites (N-methyl/N-ethyl adjacent to an activating group) is 2. The van der Waals surface area contributed by atoms with E-state index in [2.05, 4.69) is 23.9 Å². The standard InChI is InChI=1S/C9H14N2O/c1-10-5-6-11(2)9(10)8-4-3-7-12-8/h3-4,7,9H,5-6H2,1-2H3. The summed E-state index contributed by atoms with van der Waals surface area (Å²) in [7, 11) is 4.24. The molecule has 0 aromatic carbocycles. The Morgan fingerprint density at radius 2 is 2.00 bits per heavy atom. The summed E-state index contributed by atoms with van der Waals surface area (Å²) in [6.45, 7) is 2.23. The van der Waals surface area contributed by atoms with E-state index >= 15 is 0 Å². The number of furan rings is 1. The summed E-state index contributed by atoms with van der Waals surface area (Å²) < 4.78 is 5.37. The minimum Gasteiger partial charge on any atom is -0.466 e. The maximum Gasteiger partial charge on any atom is 0.135 e. The highest BCUT2D eigenvalue weighted by molar-refractivity contribution is 5.05. The van der Waals surface area contributed by atoms with E-state index in [-0.39, 0.29) is 0 Å². The van der Waals surface area contributed by atoms with Gasteiger partial charge in [-0.3, -0.25) is 9.80 Å². The van der Waals surface area contributed by atoms with Gasteiger partial charge >= 0.3 is 0 Å². The fraction of sp³-hybridized carbons (Fsp3) is 0.556. The first kappa shape index (κ1) is 7.83. The van der Waals surface area contributed by atoms with E-state index in [0.29, 0.717) is 6.17 Å². The summed E-state index contributed by atoms with van der Waals surface area (Å²) in [6.07, 6.45) is 2.06. The first-order valence-corrected chi connectivity index (χ1v) is 4.23. The first-order valence-electron chi connectivity index (χ1n) is 4.23. The van der Waals surface area contributed by atoms with E-state index in [4.69, 9.17) is 4.42 Å². The average Bonchev–Trinajstić information content (AvgIpc) is 2.61. The molecule has 3 heteroatoms. The lowest BCUT2D eigenvalue weighted by atomic mass is 10.3. The third-order valence-electron chi connectivity index (χ3n) is 2.44. The molecule has 0 unspecified atom stereocenters. The van der Waals surface area contributed by atoms with E-state index < -0.39 is 0 Å². The van der Waals surface area contributed by atoms with Crippen LogP contribution >= 0.6 is 0 Å². The second kappa shape index (κ2) is 2.92. The van der Waals surface area contributed by atoms with Gasteiger partial charge in [0, 0.05) is 13.1 Å². The molecular formula is C9H14N2O. The maximum absolute atomic E-state index is 5.37. The molecule has 0 spiro atoms. The van der Waals surface area contributed by atoms with Crippen molar-refractivity contribution in [2.24, 2.45) is 0 Å². The smallest absolute Gasteiger partial charge is 0.135 e. The molecule has 0 amide bonds. The fourth-order valence-corrected chi connectivity index (χ4v) is 1.77. The van der Waals surface area contributed by atoms with Gasteiger partial charge < -0.3 is 4.42 Å². The van der Waals surface area contributed by atoms with Crippen LogP contribution in [0, 0.1) is 0 Å². The van der Waals surface area contributed by atoms with Crippen LogP contribution in [0.4, 0.5) is 0 Å². The van der Waals surface area contributed by atoms with E-state index in [0.717, 1.165) is 18.8 Å². The molecule has 1 saturated heterocycles. The fourth-order valence-electron chi connectivity index (χ4n) is 1.77. The molecule has 1 aliphatic heterocycles. The molecule has 12 heavy (non-hydrogen) atoms. The van der Waals surface area contributed by atoms with Crippen LogP contribution in [0.5, 0.6) is 0 Å². The zero-order chi connectivity index (χ0) is 8.55. The second-order valence-corrected chi connectivity index (χ2v) is 3.35. The van der Waals surface area contributed by atoms with E-state index in [9.17, 15) is 0 Å². The molecular weight excluding hydrogens is 152 g/mol. The summed E-state index contributed by atoms with van der Waals surface area (Å²) in [5.41, 5.74) is 0. The van der Waals surface area contributed by atoms with Gasteiger partial charge in [0.15, 0.2) is 0 Å². The van der Waals surface area contributed by atoms with E-state index in [1.807, 2.05) is 12.1 Å². The Hall–Kier alpha value is -0.800. The van der Waals surface area contributed by atoms with Gasteiger partial charge in [0.2, 0.25) is 0 Å². The summed E-state index contributed by atoms with van der Waals surface area (Å²) in [6, 6.07) is 3.97. The molecule has 1 aliphatic rings. The largest absolute Gasteiger partial charge is 0.466 e. The molecule has 2 heterocycles. The van der Waals surface area contributed by atoms with Crippen LogP contribution in [0.3, 0.4) is 0 Å². The highest BCUT2D eigenvalue weighted by atomic mass is 16.3. The predicted octanol–water partition coefficient (Wildman–Crippen LogP) is 1.16.